The predicted molar refractivity (Wildman–Crippen MR) is 79.2 cm³/mol. The van der Waals surface area contributed by atoms with Crippen molar-refractivity contribution in [1.82, 2.24) is 0 Å². The van der Waals surface area contributed by atoms with E-state index in [1.807, 2.05) is 0 Å². The van der Waals surface area contributed by atoms with Crippen molar-refractivity contribution >= 4 is 15.9 Å². The number of halogens is 2. The van der Waals surface area contributed by atoms with E-state index in [9.17, 15) is 4.39 Å². The highest BCUT2D eigenvalue weighted by molar-refractivity contribution is 9.09. The average Bonchev–Trinajstić information content (AvgIpc) is 2.46. The topological polar surface area (TPSA) is 9.23 Å². The third-order valence-corrected chi connectivity index (χ3v) is 4.09. The van der Waals surface area contributed by atoms with Gasteiger partial charge in [-0.05, 0) is 35.2 Å². The summed E-state index contributed by atoms with van der Waals surface area (Å²) in [6.07, 6.45) is 0.917. The van der Waals surface area contributed by atoms with Gasteiger partial charge >= 0.3 is 0 Å². The van der Waals surface area contributed by atoms with Crippen LogP contribution < -0.4 is 0 Å². The van der Waals surface area contributed by atoms with Crippen LogP contribution in [-0.2, 0) is 11.2 Å². The third kappa shape index (κ3) is 3.88. The van der Waals surface area contributed by atoms with E-state index in [1.165, 1.54) is 17.7 Å². The minimum Gasteiger partial charge on any atom is -0.384 e. The zero-order valence-corrected chi connectivity index (χ0v) is 12.4. The van der Waals surface area contributed by atoms with E-state index in [0.717, 1.165) is 24.2 Å². The van der Waals surface area contributed by atoms with Gasteiger partial charge in [-0.25, -0.2) is 4.39 Å². The molecule has 0 aromatic heterocycles. The molecule has 2 rings (SSSR count). The Bertz CT molecular complexity index is 507. The maximum atomic E-state index is 12.9. The lowest BCUT2D eigenvalue weighted by molar-refractivity contribution is 0.202. The molecule has 2 aromatic rings. The molecule has 1 atom stereocenters. The Labute approximate surface area is 121 Å². The molecule has 0 amide bonds. The van der Waals surface area contributed by atoms with Crippen LogP contribution in [0.5, 0.6) is 0 Å². The van der Waals surface area contributed by atoms with Gasteiger partial charge in [0.25, 0.3) is 0 Å². The van der Waals surface area contributed by atoms with E-state index in [1.54, 1.807) is 19.2 Å². The van der Waals surface area contributed by atoms with E-state index >= 15 is 0 Å². The van der Waals surface area contributed by atoms with Gasteiger partial charge in [-0.1, -0.05) is 52.3 Å². The second-order valence-corrected chi connectivity index (χ2v) is 5.31. The third-order valence-electron chi connectivity index (χ3n) is 3.03. The molecular formula is C16H16BrFO. The largest absolute Gasteiger partial charge is 0.384 e. The first-order valence-electron chi connectivity index (χ1n) is 6.18. The Morgan fingerprint density at radius 2 is 1.53 bits per heavy atom. The van der Waals surface area contributed by atoms with Crippen LogP contribution in [0.15, 0.2) is 48.5 Å². The summed E-state index contributed by atoms with van der Waals surface area (Å²) in [4.78, 5) is 0.0876. The standard InChI is InChI=1S/C16H16BrFO/c1-19-11-10-12-2-4-13(5-3-12)16(17)14-6-8-15(18)9-7-14/h2-9,16H,10-11H2,1H3. The summed E-state index contributed by atoms with van der Waals surface area (Å²) in [6, 6.07) is 15.0. The molecule has 100 valence electrons. The second-order valence-electron chi connectivity index (χ2n) is 4.40. The fourth-order valence-corrected chi connectivity index (χ4v) is 2.51. The highest BCUT2D eigenvalue weighted by atomic mass is 79.9. The number of rotatable bonds is 5. The van der Waals surface area contributed by atoms with Crippen molar-refractivity contribution in [1.29, 1.82) is 0 Å². The van der Waals surface area contributed by atoms with Crippen LogP contribution in [0.1, 0.15) is 21.5 Å². The average molecular weight is 323 g/mol. The lowest BCUT2D eigenvalue weighted by Gasteiger charge is -2.11. The lowest BCUT2D eigenvalue weighted by atomic mass is 10.0. The predicted octanol–water partition coefficient (Wildman–Crippen LogP) is 4.50. The molecule has 0 aliphatic rings. The van der Waals surface area contributed by atoms with Crippen LogP contribution in [0.3, 0.4) is 0 Å². The van der Waals surface area contributed by atoms with Crippen molar-refractivity contribution < 1.29 is 9.13 Å². The van der Waals surface area contributed by atoms with Crippen LogP contribution in [0.2, 0.25) is 0 Å². The molecule has 0 radical (unpaired) electrons. The molecule has 0 bridgehead atoms. The maximum absolute atomic E-state index is 12.9. The summed E-state index contributed by atoms with van der Waals surface area (Å²) >= 11 is 3.65. The smallest absolute Gasteiger partial charge is 0.123 e. The van der Waals surface area contributed by atoms with E-state index < -0.39 is 0 Å². The van der Waals surface area contributed by atoms with Crippen molar-refractivity contribution in [2.45, 2.75) is 11.2 Å². The first-order chi connectivity index (χ1) is 9.20. The first kappa shape index (κ1) is 14.2. The van der Waals surface area contributed by atoms with Crippen LogP contribution in [0, 0.1) is 5.82 Å². The fraction of sp³-hybridized carbons (Fsp3) is 0.250. The monoisotopic (exact) mass is 322 g/mol. The van der Waals surface area contributed by atoms with Crippen LogP contribution in [0.25, 0.3) is 0 Å². The van der Waals surface area contributed by atoms with E-state index in [2.05, 4.69) is 40.2 Å². The highest BCUT2D eigenvalue weighted by Crippen LogP contribution is 2.30. The van der Waals surface area contributed by atoms with Crippen molar-refractivity contribution in [2.24, 2.45) is 0 Å². The van der Waals surface area contributed by atoms with Crippen LogP contribution >= 0.6 is 15.9 Å². The quantitative estimate of drug-likeness (QED) is 0.736. The van der Waals surface area contributed by atoms with Gasteiger partial charge in [-0.2, -0.15) is 0 Å². The molecule has 19 heavy (non-hydrogen) atoms. The lowest BCUT2D eigenvalue weighted by Crippen LogP contribution is -1.96. The molecule has 0 N–H and O–H groups in total. The zero-order chi connectivity index (χ0) is 13.7. The highest BCUT2D eigenvalue weighted by Gasteiger charge is 2.10. The van der Waals surface area contributed by atoms with Gasteiger partial charge in [0.15, 0.2) is 0 Å². The Balaban J connectivity index is 2.10. The minimum atomic E-state index is -0.210. The number of hydrogen-bond acceptors (Lipinski definition) is 1. The Morgan fingerprint density at radius 1 is 1.00 bits per heavy atom. The molecule has 0 heterocycles. The SMILES string of the molecule is COCCc1ccc(C(Br)c2ccc(F)cc2)cc1. The summed E-state index contributed by atoms with van der Waals surface area (Å²) in [5.41, 5.74) is 3.46. The van der Waals surface area contributed by atoms with Gasteiger partial charge in [0.1, 0.15) is 5.82 Å². The van der Waals surface area contributed by atoms with Gasteiger partial charge in [0.2, 0.25) is 0 Å². The van der Waals surface area contributed by atoms with E-state index in [4.69, 9.17) is 4.74 Å². The fourth-order valence-electron chi connectivity index (χ4n) is 1.90. The number of benzene rings is 2. The molecule has 1 nitrogen and oxygen atoms in total. The minimum absolute atomic E-state index is 0.0876. The molecule has 0 aliphatic carbocycles. The number of ether oxygens (including phenoxy) is 1. The normalized spacial score (nSPS) is 12.4. The molecule has 1 unspecified atom stereocenters. The second kappa shape index (κ2) is 6.83. The summed E-state index contributed by atoms with van der Waals surface area (Å²) in [5.74, 6) is -0.210. The first-order valence-corrected chi connectivity index (χ1v) is 7.09. The summed E-state index contributed by atoms with van der Waals surface area (Å²) in [5, 5.41) is 0. The van der Waals surface area contributed by atoms with Gasteiger partial charge < -0.3 is 4.74 Å². The summed E-state index contributed by atoms with van der Waals surface area (Å²) in [7, 11) is 1.71. The van der Waals surface area contributed by atoms with Crippen molar-refractivity contribution in [3.63, 3.8) is 0 Å². The summed E-state index contributed by atoms with van der Waals surface area (Å²) < 4.78 is 18.0. The molecule has 2 aromatic carbocycles. The molecule has 3 heteroatoms. The van der Waals surface area contributed by atoms with Gasteiger partial charge in [-0.3, -0.25) is 0 Å². The van der Waals surface area contributed by atoms with Crippen molar-refractivity contribution in [2.75, 3.05) is 13.7 Å². The number of alkyl halides is 1. The molecule has 0 saturated carbocycles. The number of methoxy groups -OCH3 is 1. The molecule has 0 fully saturated rings. The zero-order valence-electron chi connectivity index (χ0n) is 10.8. The van der Waals surface area contributed by atoms with Crippen molar-refractivity contribution in [3.05, 3.63) is 71.0 Å². The summed E-state index contributed by atoms with van der Waals surface area (Å²) in [6.45, 7) is 0.731. The Hall–Kier alpha value is -1.19. The van der Waals surface area contributed by atoms with Crippen LogP contribution in [-0.4, -0.2) is 13.7 Å². The molecule has 0 spiro atoms. The molecular weight excluding hydrogens is 307 g/mol. The van der Waals surface area contributed by atoms with E-state index in [-0.39, 0.29) is 10.6 Å². The maximum Gasteiger partial charge on any atom is 0.123 e. The Kier molecular flexibility index (Phi) is 5.11. The van der Waals surface area contributed by atoms with Crippen molar-refractivity contribution in [3.8, 4) is 0 Å². The Morgan fingerprint density at radius 3 is 2.05 bits per heavy atom. The van der Waals surface area contributed by atoms with Crippen LogP contribution in [0.4, 0.5) is 4.39 Å². The van der Waals surface area contributed by atoms with Gasteiger partial charge in [0, 0.05) is 7.11 Å². The van der Waals surface area contributed by atoms with Gasteiger partial charge in [-0.15, -0.1) is 0 Å². The molecule has 0 aliphatic heterocycles. The molecule has 0 saturated heterocycles. The van der Waals surface area contributed by atoms with E-state index in [0.29, 0.717) is 0 Å². The number of hydrogen-bond donors (Lipinski definition) is 0. The van der Waals surface area contributed by atoms with Gasteiger partial charge in [0.05, 0.1) is 11.4 Å².